The lowest BCUT2D eigenvalue weighted by molar-refractivity contribution is -0.113. The fraction of sp³-hybridized carbons (Fsp3) is 0.0800. The number of rotatable bonds is 5. The molecular formula is C25H19FN4OS. The topological polar surface area (TPSA) is 59.3 Å². The Morgan fingerprint density at radius 1 is 1.09 bits per heavy atom. The Morgan fingerprint density at radius 2 is 1.94 bits per heavy atom. The van der Waals surface area contributed by atoms with Crippen molar-refractivity contribution >= 4 is 39.6 Å². The van der Waals surface area contributed by atoms with Crippen molar-refractivity contribution in [2.45, 2.75) is 11.9 Å². The van der Waals surface area contributed by atoms with E-state index in [1.165, 1.54) is 23.9 Å². The smallest absolute Gasteiger partial charge is 0.234 e. The third-order valence-corrected chi connectivity index (χ3v) is 6.23. The molecule has 0 radical (unpaired) electrons. The lowest BCUT2D eigenvalue weighted by Gasteiger charge is -2.08. The summed E-state index contributed by atoms with van der Waals surface area (Å²) in [4.78, 5) is 16.9. The predicted molar refractivity (Wildman–Crippen MR) is 126 cm³/mol. The lowest BCUT2D eigenvalue weighted by atomic mass is 10.0. The fourth-order valence-corrected chi connectivity index (χ4v) is 4.41. The second kappa shape index (κ2) is 8.43. The molecule has 0 aliphatic rings. The fourth-order valence-electron chi connectivity index (χ4n) is 3.64. The van der Waals surface area contributed by atoms with Gasteiger partial charge in [-0.25, -0.2) is 13.9 Å². The van der Waals surface area contributed by atoms with Gasteiger partial charge in [0.2, 0.25) is 5.91 Å². The number of amides is 1. The number of carbonyl (C=O) groups is 1. The minimum absolute atomic E-state index is 0.150. The maximum Gasteiger partial charge on any atom is 0.234 e. The lowest BCUT2D eigenvalue weighted by Crippen LogP contribution is -2.15. The number of nitrogens with zero attached hydrogens (tertiary/aromatic N) is 3. The molecule has 0 atom stereocenters. The van der Waals surface area contributed by atoms with Crippen LogP contribution in [0, 0.1) is 12.7 Å². The summed E-state index contributed by atoms with van der Waals surface area (Å²) in [5.41, 5.74) is 4.00. The number of benzene rings is 3. The van der Waals surface area contributed by atoms with Crippen LogP contribution in [-0.4, -0.2) is 26.3 Å². The van der Waals surface area contributed by atoms with Crippen LogP contribution in [0.3, 0.4) is 0 Å². The molecule has 32 heavy (non-hydrogen) atoms. The summed E-state index contributed by atoms with van der Waals surface area (Å²) >= 11 is 1.32. The van der Waals surface area contributed by atoms with E-state index >= 15 is 0 Å². The molecule has 5 rings (SSSR count). The molecule has 5 aromatic rings. The number of thioether (sulfide) groups is 1. The first-order valence-corrected chi connectivity index (χ1v) is 11.1. The largest absolute Gasteiger partial charge is 0.325 e. The monoisotopic (exact) mass is 442 g/mol. The highest BCUT2D eigenvalue weighted by Crippen LogP contribution is 2.30. The Balaban J connectivity index is 1.40. The number of aryl methyl sites for hydroxylation is 1. The van der Waals surface area contributed by atoms with Crippen molar-refractivity contribution in [1.82, 2.24) is 14.6 Å². The van der Waals surface area contributed by atoms with Crippen LogP contribution in [0.2, 0.25) is 0 Å². The van der Waals surface area contributed by atoms with E-state index < -0.39 is 0 Å². The number of anilines is 1. The Hall–Kier alpha value is -3.71. The molecule has 3 aromatic carbocycles. The van der Waals surface area contributed by atoms with Crippen LogP contribution in [0.5, 0.6) is 0 Å². The molecule has 0 bridgehead atoms. The van der Waals surface area contributed by atoms with Crippen molar-refractivity contribution in [1.29, 1.82) is 0 Å². The SMILES string of the molecule is Cc1ccc(F)cc1NC(=O)CSc1nccn2nc(-c3cccc4ccccc34)cc12. The highest BCUT2D eigenvalue weighted by Gasteiger charge is 2.13. The van der Waals surface area contributed by atoms with Crippen molar-refractivity contribution in [3.05, 3.63) is 90.5 Å². The van der Waals surface area contributed by atoms with Crippen molar-refractivity contribution in [2.24, 2.45) is 0 Å². The van der Waals surface area contributed by atoms with Gasteiger partial charge in [-0.15, -0.1) is 0 Å². The summed E-state index contributed by atoms with van der Waals surface area (Å²) in [6.07, 6.45) is 3.47. The van der Waals surface area contributed by atoms with E-state index in [0.717, 1.165) is 33.1 Å². The van der Waals surface area contributed by atoms with Crippen molar-refractivity contribution in [3.8, 4) is 11.3 Å². The quantitative estimate of drug-likeness (QED) is 0.353. The van der Waals surface area contributed by atoms with Gasteiger partial charge >= 0.3 is 0 Å². The van der Waals surface area contributed by atoms with Gasteiger partial charge in [-0.2, -0.15) is 5.10 Å². The first-order valence-electron chi connectivity index (χ1n) is 10.1. The van der Waals surface area contributed by atoms with Gasteiger partial charge in [0, 0.05) is 23.6 Å². The third kappa shape index (κ3) is 3.94. The molecular weight excluding hydrogens is 423 g/mol. The van der Waals surface area contributed by atoms with E-state index in [0.29, 0.717) is 10.7 Å². The zero-order chi connectivity index (χ0) is 22.1. The van der Waals surface area contributed by atoms with Gasteiger partial charge in [-0.05, 0) is 41.5 Å². The molecule has 0 saturated heterocycles. The zero-order valence-corrected chi connectivity index (χ0v) is 18.1. The average molecular weight is 443 g/mol. The average Bonchev–Trinajstić information content (AvgIpc) is 3.24. The number of hydrogen-bond donors (Lipinski definition) is 1. The maximum atomic E-state index is 13.5. The predicted octanol–water partition coefficient (Wildman–Crippen LogP) is 5.73. The summed E-state index contributed by atoms with van der Waals surface area (Å²) < 4.78 is 15.3. The number of hydrogen-bond acceptors (Lipinski definition) is 4. The Bertz CT molecular complexity index is 1460. The van der Waals surface area contributed by atoms with Crippen LogP contribution >= 0.6 is 11.8 Å². The molecule has 0 spiro atoms. The molecule has 0 aliphatic carbocycles. The summed E-state index contributed by atoms with van der Waals surface area (Å²) in [5.74, 6) is -0.455. The van der Waals surface area contributed by atoms with Crippen molar-refractivity contribution in [3.63, 3.8) is 0 Å². The number of carbonyl (C=O) groups excluding carboxylic acids is 1. The van der Waals surface area contributed by atoms with Crippen molar-refractivity contribution in [2.75, 3.05) is 11.1 Å². The van der Waals surface area contributed by atoms with Gasteiger partial charge < -0.3 is 5.32 Å². The van der Waals surface area contributed by atoms with Crippen LogP contribution in [-0.2, 0) is 4.79 Å². The molecule has 0 saturated carbocycles. The van der Waals surface area contributed by atoms with Gasteiger partial charge in [0.15, 0.2) is 0 Å². The Morgan fingerprint density at radius 3 is 2.84 bits per heavy atom. The summed E-state index contributed by atoms with van der Waals surface area (Å²) in [6, 6.07) is 20.7. The minimum Gasteiger partial charge on any atom is -0.325 e. The molecule has 0 aliphatic heterocycles. The van der Waals surface area contributed by atoms with Crippen LogP contribution in [0.1, 0.15) is 5.56 Å². The Labute approximate surface area is 188 Å². The van der Waals surface area contributed by atoms with Crippen LogP contribution in [0.4, 0.5) is 10.1 Å². The van der Waals surface area contributed by atoms with E-state index in [1.54, 1.807) is 23.0 Å². The molecule has 2 aromatic heterocycles. The van der Waals surface area contributed by atoms with E-state index in [4.69, 9.17) is 5.10 Å². The van der Waals surface area contributed by atoms with Gasteiger partial charge in [0.1, 0.15) is 10.8 Å². The molecule has 7 heteroatoms. The third-order valence-electron chi connectivity index (χ3n) is 5.23. The van der Waals surface area contributed by atoms with Crippen molar-refractivity contribution < 1.29 is 9.18 Å². The number of halogens is 1. The van der Waals surface area contributed by atoms with Gasteiger partial charge in [0.25, 0.3) is 0 Å². The van der Waals surface area contributed by atoms with Gasteiger partial charge in [-0.1, -0.05) is 60.3 Å². The summed E-state index contributed by atoms with van der Waals surface area (Å²) in [6.45, 7) is 1.82. The van der Waals surface area contributed by atoms with Crippen LogP contribution < -0.4 is 5.32 Å². The normalized spacial score (nSPS) is 11.2. The highest BCUT2D eigenvalue weighted by molar-refractivity contribution is 8.00. The molecule has 1 amide bonds. The number of nitrogens with one attached hydrogen (secondary N) is 1. The number of aromatic nitrogens is 3. The molecule has 0 unspecified atom stereocenters. The number of fused-ring (bicyclic) bond motifs is 2. The summed E-state index contributed by atoms with van der Waals surface area (Å²) in [5, 5.41) is 10.5. The zero-order valence-electron chi connectivity index (χ0n) is 17.2. The van der Waals surface area contributed by atoms with E-state index in [9.17, 15) is 9.18 Å². The molecule has 2 heterocycles. The van der Waals surface area contributed by atoms with Crippen LogP contribution in [0.25, 0.3) is 27.5 Å². The molecule has 5 nitrogen and oxygen atoms in total. The molecule has 158 valence electrons. The first kappa shape index (κ1) is 20.2. The van der Waals surface area contributed by atoms with E-state index in [2.05, 4.69) is 34.6 Å². The highest BCUT2D eigenvalue weighted by atomic mass is 32.2. The molecule has 1 N–H and O–H groups in total. The van der Waals surface area contributed by atoms with E-state index in [-0.39, 0.29) is 17.5 Å². The molecule has 0 fully saturated rings. The second-order valence-corrected chi connectivity index (χ2v) is 8.38. The standard InChI is InChI=1S/C25H19FN4OS/c1-16-9-10-18(26)13-21(16)28-24(31)15-32-25-23-14-22(29-30(23)12-11-27-25)20-8-4-6-17-5-2-3-7-19(17)20/h2-14H,15H2,1H3,(H,28,31). The first-order chi connectivity index (χ1) is 15.6. The van der Waals surface area contributed by atoms with Crippen LogP contribution in [0.15, 0.2) is 84.1 Å². The van der Waals surface area contributed by atoms with Gasteiger partial charge in [-0.3, -0.25) is 4.79 Å². The van der Waals surface area contributed by atoms with E-state index in [1.807, 2.05) is 31.2 Å². The second-order valence-electron chi connectivity index (χ2n) is 7.41. The minimum atomic E-state index is -0.384. The summed E-state index contributed by atoms with van der Waals surface area (Å²) in [7, 11) is 0. The maximum absolute atomic E-state index is 13.5. The van der Waals surface area contributed by atoms with Gasteiger partial charge in [0.05, 0.1) is 17.0 Å². The Kier molecular flexibility index (Phi) is 5.33.